The van der Waals surface area contributed by atoms with Crippen molar-refractivity contribution in [1.29, 1.82) is 0 Å². The number of nitrogens with one attached hydrogen (secondary N) is 1. The van der Waals surface area contributed by atoms with E-state index in [2.05, 4.69) is 31.0 Å². The molecule has 1 aromatic heterocycles. The van der Waals surface area contributed by atoms with Crippen LogP contribution >= 0.6 is 34.8 Å². The topological polar surface area (TPSA) is 28.2 Å². The van der Waals surface area contributed by atoms with Crippen molar-refractivity contribution < 1.29 is 0 Å². The normalized spacial score (nSPS) is 12.8. The van der Waals surface area contributed by atoms with Gasteiger partial charge in [-0.3, -0.25) is 0 Å². The van der Waals surface area contributed by atoms with E-state index in [9.17, 15) is 0 Å². The van der Waals surface area contributed by atoms with Crippen LogP contribution in [-0.2, 0) is 0 Å². The van der Waals surface area contributed by atoms with Crippen LogP contribution in [0.15, 0.2) is 30.3 Å². The maximum atomic E-state index is 6.45. The number of anilines is 1. The number of hydrogen-bond donors (Lipinski definition) is 1. The standard InChI is InChI=1S/C22H26Cl3N3/c1-4-28(5-2)10-6-7-14(3)26-21-17-9-8-15(23)13-20(17)27-22-18(21)11-16(24)12-19(22)25/h8-9,11-14H,4-7,10H2,1-3H3,(H,26,27)/t14-/m1/s1. The van der Waals surface area contributed by atoms with Gasteiger partial charge in [-0.25, -0.2) is 4.98 Å². The van der Waals surface area contributed by atoms with Gasteiger partial charge in [0.15, 0.2) is 0 Å². The zero-order valence-corrected chi connectivity index (χ0v) is 18.8. The zero-order valence-electron chi connectivity index (χ0n) is 16.5. The van der Waals surface area contributed by atoms with Crippen LogP contribution in [0.2, 0.25) is 15.1 Å². The number of fused-ring (bicyclic) bond motifs is 2. The second kappa shape index (κ2) is 9.49. The molecule has 3 nitrogen and oxygen atoms in total. The first-order chi connectivity index (χ1) is 13.4. The van der Waals surface area contributed by atoms with Gasteiger partial charge in [-0.2, -0.15) is 0 Å². The molecule has 1 heterocycles. The van der Waals surface area contributed by atoms with Gasteiger partial charge in [0, 0.05) is 26.9 Å². The predicted octanol–water partition coefficient (Wildman–Crippen LogP) is 7.27. The minimum absolute atomic E-state index is 0.304. The molecule has 0 bridgehead atoms. The fourth-order valence-corrected chi connectivity index (χ4v) is 4.28. The molecular weight excluding hydrogens is 413 g/mol. The third-order valence-corrected chi connectivity index (χ3v) is 5.90. The third kappa shape index (κ3) is 4.83. The van der Waals surface area contributed by atoms with Gasteiger partial charge in [0.05, 0.1) is 21.7 Å². The van der Waals surface area contributed by atoms with Gasteiger partial charge in [-0.1, -0.05) is 48.7 Å². The minimum Gasteiger partial charge on any atom is -0.381 e. The first-order valence-electron chi connectivity index (χ1n) is 9.79. The molecule has 0 saturated heterocycles. The van der Waals surface area contributed by atoms with Gasteiger partial charge in [-0.05, 0) is 69.7 Å². The Hall–Kier alpha value is -1.26. The highest BCUT2D eigenvalue weighted by Crippen LogP contribution is 2.37. The molecular formula is C22H26Cl3N3. The smallest absolute Gasteiger partial charge is 0.0917 e. The van der Waals surface area contributed by atoms with Gasteiger partial charge in [-0.15, -0.1) is 0 Å². The largest absolute Gasteiger partial charge is 0.381 e. The van der Waals surface area contributed by atoms with Gasteiger partial charge >= 0.3 is 0 Å². The fraction of sp³-hybridized carbons (Fsp3) is 0.409. The molecule has 2 aromatic carbocycles. The molecule has 150 valence electrons. The lowest BCUT2D eigenvalue weighted by atomic mass is 10.1. The molecule has 28 heavy (non-hydrogen) atoms. The molecule has 0 spiro atoms. The lowest BCUT2D eigenvalue weighted by Gasteiger charge is -2.22. The number of pyridine rings is 1. The SMILES string of the molecule is CCN(CC)CCC[C@@H](C)Nc1c2ccc(Cl)cc2nc2c(Cl)cc(Cl)cc12. The Morgan fingerprint density at radius 3 is 2.46 bits per heavy atom. The summed E-state index contributed by atoms with van der Waals surface area (Å²) >= 11 is 18.9. The van der Waals surface area contributed by atoms with E-state index >= 15 is 0 Å². The van der Waals surface area contributed by atoms with E-state index in [1.165, 1.54) is 0 Å². The molecule has 3 rings (SSSR count). The van der Waals surface area contributed by atoms with E-state index in [0.717, 1.165) is 60.0 Å². The summed E-state index contributed by atoms with van der Waals surface area (Å²) in [7, 11) is 0. The van der Waals surface area contributed by atoms with Crippen LogP contribution in [0.4, 0.5) is 5.69 Å². The van der Waals surface area contributed by atoms with Crippen LogP contribution in [0.1, 0.15) is 33.6 Å². The molecule has 0 aliphatic heterocycles. The average molecular weight is 439 g/mol. The quantitative estimate of drug-likeness (QED) is 0.375. The van der Waals surface area contributed by atoms with Crippen LogP contribution in [0.3, 0.4) is 0 Å². The number of aromatic nitrogens is 1. The van der Waals surface area contributed by atoms with Gasteiger partial charge in [0.25, 0.3) is 0 Å². The number of hydrogen-bond acceptors (Lipinski definition) is 3. The lowest BCUT2D eigenvalue weighted by molar-refractivity contribution is 0.295. The molecule has 0 unspecified atom stereocenters. The van der Waals surface area contributed by atoms with E-state index in [-0.39, 0.29) is 0 Å². The fourth-order valence-electron chi connectivity index (χ4n) is 3.58. The maximum Gasteiger partial charge on any atom is 0.0917 e. The molecule has 0 aliphatic rings. The summed E-state index contributed by atoms with van der Waals surface area (Å²) < 4.78 is 0. The molecule has 0 fully saturated rings. The van der Waals surface area contributed by atoms with Crippen molar-refractivity contribution >= 4 is 62.3 Å². The second-order valence-corrected chi connectivity index (χ2v) is 8.43. The monoisotopic (exact) mass is 437 g/mol. The van der Waals surface area contributed by atoms with Crippen LogP contribution < -0.4 is 5.32 Å². The van der Waals surface area contributed by atoms with Crippen molar-refractivity contribution in [1.82, 2.24) is 9.88 Å². The molecule has 0 radical (unpaired) electrons. The van der Waals surface area contributed by atoms with Crippen molar-refractivity contribution in [2.75, 3.05) is 25.0 Å². The first kappa shape index (κ1) is 21.4. The van der Waals surface area contributed by atoms with Crippen LogP contribution in [-0.4, -0.2) is 35.6 Å². The lowest BCUT2D eigenvalue weighted by Crippen LogP contribution is -2.25. The molecule has 3 aromatic rings. The van der Waals surface area contributed by atoms with E-state index in [1.54, 1.807) is 6.07 Å². The predicted molar refractivity (Wildman–Crippen MR) is 124 cm³/mol. The Morgan fingerprint density at radius 2 is 1.75 bits per heavy atom. The summed E-state index contributed by atoms with van der Waals surface area (Å²) in [5.41, 5.74) is 2.57. The third-order valence-electron chi connectivity index (χ3n) is 5.16. The highest BCUT2D eigenvalue weighted by molar-refractivity contribution is 6.39. The zero-order chi connectivity index (χ0) is 20.3. The van der Waals surface area contributed by atoms with E-state index < -0.39 is 0 Å². The van der Waals surface area contributed by atoms with Crippen LogP contribution in [0.5, 0.6) is 0 Å². The first-order valence-corrected chi connectivity index (χ1v) is 10.9. The number of nitrogens with zero attached hydrogens (tertiary/aromatic N) is 2. The highest BCUT2D eigenvalue weighted by Gasteiger charge is 2.15. The summed E-state index contributed by atoms with van der Waals surface area (Å²) in [5, 5.41) is 7.45. The Labute approximate surface area is 182 Å². The molecule has 1 N–H and O–H groups in total. The number of halogens is 3. The molecule has 1 atom stereocenters. The summed E-state index contributed by atoms with van der Waals surface area (Å²) in [4.78, 5) is 7.18. The van der Waals surface area contributed by atoms with Crippen molar-refractivity contribution in [3.63, 3.8) is 0 Å². The Morgan fingerprint density at radius 1 is 1.00 bits per heavy atom. The Balaban J connectivity index is 1.95. The van der Waals surface area contributed by atoms with E-state index in [0.29, 0.717) is 21.1 Å². The number of benzene rings is 2. The van der Waals surface area contributed by atoms with Gasteiger partial charge < -0.3 is 10.2 Å². The minimum atomic E-state index is 0.304. The maximum absolute atomic E-state index is 6.45. The van der Waals surface area contributed by atoms with Crippen molar-refractivity contribution in [2.24, 2.45) is 0 Å². The summed E-state index contributed by atoms with van der Waals surface area (Å²) in [6, 6.07) is 9.72. The summed E-state index contributed by atoms with van der Waals surface area (Å²) in [6.07, 6.45) is 2.22. The van der Waals surface area contributed by atoms with Crippen molar-refractivity contribution in [3.8, 4) is 0 Å². The van der Waals surface area contributed by atoms with Crippen LogP contribution in [0, 0.1) is 0 Å². The van der Waals surface area contributed by atoms with Crippen LogP contribution in [0.25, 0.3) is 21.8 Å². The Bertz CT molecular complexity index is 970. The summed E-state index contributed by atoms with van der Waals surface area (Å²) in [5.74, 6) is 0. The number of rotatable bonds is 8. The summed E-state index contributed by atoms with van der Waals surface area (Å²) in [6.45, 7) is 9.93. The highest BCUT2D eigenvalue weighted by atomic mass is 35.5. The second-order valence-electron chi connectivity index (χ2n) is 7.15. The van der Waals surface area contributed by atoms with E-state index in [1.807, 2.05) is 24.3 Å². The van der Waals surface area contributed by atoms with E-state index in [4.69, 9.17) is 39.8 Å². The molecule has 0 aliphatic carbocycles. The van der Waals surface area contributed by atoms with Gasteiger partial charge in [0.1, 0.15) is 0 Å². The van der Waals surface area contributed by atoms with Gasteiger partial charge in [0.2, 0.25) is 0 Å². The van der Waals surface area contributed by atoms with Crippen molar-refractivity contribution in [3.05, 3.63) is 45.4 Å². The molecule has 0 amide bonds. The van der Waals surface area contributed by atoms with Crippen molar-refractivity contribution in [2.45, 2.75) is 39.7 Å². The molecule has 6 heteroatoms. The molecule has 0 saturated carbocycles. The Kier molecular flexibility index (Phi) is 7.27. The average Bonchev–Trinajstić information content (AvgIpc) is 2.65.